The standard InChI is InChI=1S/C14H10F16O5/c1-3-5(9(17,18)19)31-11(23,24)7(15,12(25,26)32-5)35-8(16)13(27,28)33-6(4-2,10(20,21)22)34-14(8,29)30/h3-4H2,1-2H3. The monoisotopic (exact) mass is 562 g/mol. The molecule has 0 radical (unpaired) electrons. The lowest BCUT2D eigenvalue weighted by Crippen LogP contribution is -2.79. The van der Waals surface area contributed by atoms with Gasteiger partial charge in [0.05, 0.1) is 0 Å². The Bertz CT molecular complexity index is 718. The van der Waals surface area contributed by atoms with Crippen LogP contribution in [-0.4, -0.2) is 60.1 Å². The second kappa shape index (κ2) is 7.60. The minimum atomic E-state index is -7.11. The van der Waals surface area contributed by atoms with Crippen LogP contribution in [0.15, 0.2) is 0 Å². The molecule has 2 aliphatic rings. The summed E-state index contributed by atoms with van der Waals surface area (Å²) in [5.74, 6) is -24.5. The van der Waals surface area contributed by atoms with E-state index in [0.29, 0.717) is 0 Å². The molecule has 0 aromatic rings. The lowest BCUT2D eigenvalue weighted by atomic mass is 10.1. The smallest absolute Gasteiger partial charge is 0.280 e. The summed E-state index contributed by atoms with van der Waals surface area (Å²) in [6, 6.07) is 0. The van der Waals surface area contributed by atoms with Gasteiger partial charge in [0.25, 0.3) is 11.6 Å². The van der Waals surface area contributed by atoms with Crippen molar-refractivity contribution < 1.29 is 93.9 Å². The summed E-state index contributed by atoms with van der Waals surface area (Å²) < 4.78 is 234. The molecule has 35 heavy (non-hydrogen) atoms. The van der Waals surface area contributed by atoms with Gasteiger partial charge in [-0.1, -0.05) is 13.8 Å². The maximum Gasteiger partial charge on any atom is 0.443 e. The molecule has 5 nitrogen and oxygen atoms in total. The summed E-state index contributed by atoms with van der Waals surface area (Å²) in [6.45, 7) is 0.407. The van der Waals surface area contributed by atoms with Crippen molar-refractivity contribution >= 4 is 0 Å². The summed E-state index contributed by atoms with van der Waals surface area (Å²) in [5.41, 5.74) is 0. The Balaban J connectivity index is 2.66. The average Bonchev–Trinajstić information content (AvgIpc) is 2.61. The average molecular weight is 562 g/mol. The first-order valence-corrected chi connectivity index (χ1v) is 8.69. The van der Waals surface area contributed by atoms with Crippen molar-refractivity contribution in [2.24, 2.45) is 0 Å². The molecule has 0 atom stereocenters. The molecule has 2 fully saturated rings. The summed E-state index contributed by atoms with van der Waals surface area (Å²) in [4.78, 5) is 0. The van der Waals surface area contributed by atoms with Crippen molar-refractivity contribution in [3.05, 3.63) is 0 Å². The lowest BCUT2D eigenvalue weighted by Gasteiger charge is -2.54. The molecule has 0 saturated carbocycles. The molecular formula is C14H10F16O5. The lowest BCUT2D eigenvalue weighted by molar-refractivity contribution is -0.660. The Morgan fingerprint density at radius 2 is 0.686 bits per heavy atom. The predicted molar refractivity (Wildman–Crippen MR) is 71.0 cm³/mol. The van der Waals surface area contributed by atoms with Crippen LogP contribution in [0.25, 0.3) is 0 Å². The maximum atomic E-state index is 14.6. The van der Waals surface area contributed by atoms with Crippen LogP contribution >= 0.6 is 0 Å². The van der Waals surface area contributed by atoms with Crippen LogP contribution in [0.4, 0.5) is 70.2 Å². The molecule has 2 rings (SSSR count). The Morgan fingerprint density at radius 3 is 0.829 bits per heavy atom. The SMILES string of the molecule is CCC1(C(F)(F)F)OC(F)(F)C(F)(OC2(F)C(F)(F)OC(CC)(C(F)(F)F)OC2(F)F)C(F)(F)O1. The zero-order valence-electron chi connectivity index (χ0n) is 16.5. The molecule has 2 aliphatic heterocycles. The first-order chi connectivity index (χ1) is 15.2. The van der Waals surface area contributed by atoms with Gasteiger partial charge in [0.15, 0.2) is 0 Å². The second-order valence-electron chi connectivity index (χ2n) is 6.98. The highest BCUT2D eigenvalue weighted by atomic mass is 19.4. The molecule has 208 valence electrons. The van der Waals surface area contributed by atoms with E-state index in [1.54, 1.807) is 0 Å². The first-order valence-electron chi connectivity index (χ1n) is 8.69. The van der Waals surface area contributed by atoms with Crippen molar-refractivity contribution in [2.75, 3.05) is 0 Å². The van der Waals surface area contributed by atoms with Gasteiger partial charge in [-0.3, -0.25) is 23.7 Å². The molecule has 2 saturated heterocycles. The Kier molecular flexibility index (Phi) is 6.50. The fourth-order valence-corrected chi connectivity index (χ4v) is 2.82. The highest BCUT2D eigenvalue weighted by molar-refractivity contribution is 5.03. The van der Waals surface area contributed by atoms with E-state index in [9.17, 15) is 70.2 Å². The van der Waals surface area contributed by atoms with Gasteiger partial charge in [0, 0.05) is 12.8 Å². The van der Waals surface area contributed by atoms with E-state index in [0.717, 1.165) is 0 Å². The molecular weight excluding hydrogens is 552 g/mol. The van der Waals surface area contributed by atoms with Crippen LogP contribution in [-0.2, 0) is 23.7 Å². The quantitative estimate of drug-likeness (QED) is 0.386. The van der Waals surface area contributed by atoms with E-state index in [1.165, 1.54) is 0 Å². The van der Waals surface area contributed by atoms with Gasteiger partial charge in [-0.05, 0) is 0 Å². The van der Waals surface area contributed by atoms with Crippen LogP contribution in [0.3, 0.4) is 0 Å². The maximum absolute atomic E-state index is 14.6. The van der Waals surface area contributed by atoms with Crippen molar-refractivity contribution in [3.63, 3.8) is 0 Å². The third kappa shape index (κ3) is 3.91. The van der Waals surface area contributed by atoms with E-state index in [2.05, 4.69) is 23.7 Å². The number of ether oxygens (including phenoxy) is 5. The second-order valence-corrected chi connectivity index (χ2v) is 6.98. The third-order valence-electron chi connectivity index (χ3n) is 4.75. The zero-order chi connectivity index (χ0) is 27.9. The third-order valence-corrected chi connectivity index (χ3v) is 4.75. The van der Waals surface area contributed by atoms with Crippen LogP contribution in [0.5, 0.6) is 0 Å². The minimum Gasteiger partial charge on any atom is -0.280 e. The van der Waals surface area contributed by atoms with Crippen molar-refractivity contribution in [2.45, 2.75) is 86.8 Å². The molecule has 0 amide bonds. The van der Waals surface area contributed by atoms with Gasteiger partial charge >= 0.3 is 48.5 Å². The van der Waals surface area contributed by atoms with E-state index >= 15 is 0 Å². The van der Waals surface area contributed by atoms with E-state index in [1.807, 2.05) is 0 Å². The van der Waals surface area contributed by atoms with Gasteiger partial charge in [-0.2, -0.15) is 70.2 Å². The van der Waals surface area contributed by atoms with Crippen molar-refractivity contribution in [1.82, 2.24) is 0 Å². The minimum absolute atomic E-state index is 0.203. The first kappa shape index (κ1) is 29.9. The Hall–Kier alpha value is -1.32. The van der Waals surface area contributed by atoms with Crippen LogP contribution in [0.2, 0.25) is 0 Å². The van der Waals surface area contributed by atoms with E-state index in [-0.39, 0.29) is 13.8 Å². The number of halogens is 16. The summed E-state index contributed by atoms with van der Waals surface area (Å²) >= 11 is 0. The Morgan fingerprint density at radius 1 is 0.486 bits per heavy atom. The highest BCUT2D eigenvalue weighted by Crippen LogP contribution is 2.64. The number of alkyl halides is 16. The fraction of sp³-hybridized carbons (Fsp3) is 1.00. The zero-order valence-corrected chi connectivity index (χ0v) is 16.5. The summed E-state index contributed by atoms with van der Waals surface area (Å²) in [6.07, 6.45) is -44.5. The fourth-order valence-electron chi connectivity index (χ4n) is 2.82. The summed E-state index contributed by atoms with van der Waals surface area (Å²) in [7, 11) is 0. The highest BCUT2D eigenvalue weighted by Gasteiger charge is 2.92. The predicted octanol–water partition coefficient (Wildman–Crippen LogP) is 6.14. The molecule has 2 heterocycles. The van der Waals surface area contributed by atoms with Crippen LogP contribution in [0.1, 0.15) is 26.7 Å². The molecule has 0 aromatic carbocycles. The van der Waals surface area contributed by atoms with Crippen molar-refractivity contribution in [1.29, 1.82) is 0 Å². The normalized spacial score (nSPS) is 41.0. The molecule has 0 N–H and O–H groups in total. The van der Waals surface area contributed by atoms with Gasteiger partial charge in [0.1, 0.15) is 0 Å². The van der Waals surface area contributed by atoms with E-state index < -0.39 is 72.9 Å². The molecule has 0 unspecified atom stereocenters. The number of rotatable bonds is 4. The van der Waals surface area contributed by atoms with Crippen LogP contribution < -0.4 is 0 Å². The summed E-state index contributed by atoms with van der Waals surface area (Å²) in [5, 5.41) is 0. The molecule has 0 aliphatic carbocycles. The van der Waals surface area contributed by atoms with E-state index in [4.69, 9.17) is 0 Å². The number of hydrogen-bond acceptors (Lipinski definition) is 5. The molecule has 0 aromatic heterocycles. The van der Waals surface area contributed by atoms with Gasteiger partial charge in [-0.15, -0.1) is 0 Å². The number of hydrogen-bond donors (Lipinski definition) is 0. The molecule has 21 heteroatoms. The molecule has 0 spiro atoms. The Labute approximate surface area is 182 Å². The van der Waals surface area contributed by atoms with Gasteiger partial charge in [0.2, 0.25) is 0 Å². The van der Waals surface area contributed by atoms with Gasteiger partial charge in [-0.25, -0.2) is 0 Å². The van der Waals surface area contributed by atoms with Gasteiger partial charge < -0.3 is 0 Å². The largest absolute Gasteiger partial charge is 0.443 e. The topological polar surface area (TPSA) is 46.2 Å². The van der Waals surface area contributed by atoms with Crippen LogP contribution in [0, 0.1) is 0 Å². The molecule has 0 bridgehead atoms. The van der Waals surface area contributed by atoms with Crippen molar-refractivity contribution in [3.8, 4) is 0 Å².